The first-order chi connectivity index (χ1) is 5.18. The Kier molecular flexibility index (Phi) is 1.07. The first-order valence-electron chi connectivity index (χ1n) is 3.50. The van der Waals surface area contributed by atoms with Crippen LogP contribution in [0.4, 0.5) is 5.82 Å². The molecular weight excluding hydrogens is 142 g/mol. The van der Waals surface area contributed by atoms with Gasteiger partial charge in [0.2, 0.25) is 5.91 Å². The minimum absolute atomic E-state index is 0.0399. The standard InChI is InChI=1S/C7H9N3O/c1-4-8-7-5(10(4)2)3-6(11)9-7/h3H2,1-2H3,(H,9,11). The number of hydrogen-bond acceptors (Lipinski definition) is 2. The highest BCUT2D eigenvalue weighted by Crippen LogP contribution is 2.21. The van der Waals surface area contributed by atoms with Gasteiger partial charge in [-0.3, -0.25) is 4.79 Å². The molecule has 0 radical (unpaired) electrons. The highest BCUT2D eigenvalue weighted by atomic mass is 16.1. The summed E-state index contributed by atoms with van der Waals surface area (Å²) in [6.07, 6.45) is 0.465. The summed E-state index contributed by atoms with van der Waals surface area (Å²) in [5, 5.41) is 2.69. The van der Waals surface area contributed by atoms with Gasteiger partial charge in [-0.15, -0.1) is 0 Å². The van der Waals surface area contributed by atoms with E-state index in [2.05, 4.69) is 10.3 Å². The molecule has 0 aromatic carbocycles. The lowest BCUT2D eigenvalue weighted by Crippen LogP contribution is -2.07. The molecule has 0 atom stereocenters. The normalized spacial score (nSPS) is 14.9. The van der Waals surface area contributed by atoms with Crippen LogP contribution in [0.3, 0.4) is 0 Å². The van der Waals surface area contributed by atoms with E-state index in [4.69, 9.17) is 0 Å². The number of hydrogen-bond donors (Lipinski definition) is 1. The highest BCUT2D eigenvalue weighted by Gasteiger charge is 2.23. The first-order valence-corrected chi connectivity index (χ1v) is 3.50. The second kappa shape index (κ2) is 1.84. The van der Waals surface area contributed by atoms with Crippen molar-refractivity contribution >= 4 is 11.7 Å². The van der Waals surface area contributed by atoms with Crippen molar-refractivity contribution in [2.24, 2.45) is 7.05 Å². The number of amides is 1. The van der Waals surface area contributed by atoms with Crippen molar-refractivity contribution in [1.82, 2.24) is 9.55 Å². The van der Waals surface area contributed by atoms with Crippen LogP contribution in [0.5, 0.6) is 0 Å². The zero-order valence-corrected chi connectivity index (χ0v) is 6.51. The minimum atomic E-state index is 0.0399. The molecule has 1 aromatic rings. The Morgan fingerprint density at radius 2 is 2.36 bits per heavy atom. The molecule has 0 unspecified atom stereocenters. The molecule has 0 aliphatic carbocycles. The van der Waals surface area contributed by atoms with E-state index < -0.39 is 0 Å². The van der Waals surface area contributed by atoms with Gasteiger partial charge in [0.05, 0.1) is 12.1 Å². The van der Waals surface area contributed by atoms with Gasteiger partial charge in [0, 0.05) is 7.05 Å². The Bertz CT molecular complexity index is 327. The summed E-state index contributed by atoms with van der Waals surface area (Å²) >= 11 is 0. The van der Waals surface area contributed by atoms with Crippen molar-refractivity contribution < 1.29 is 4.79 Å². The summed E-state index contributed by atoms with van der Waals surface area (Å²) in [5.74, 6) is 1.71. The predicted molar refractivity (Wildman–Crippen MR) is 40.3 cm³/mol. The van der Waals surface area contributed by atoms with Crippen LogP contribution in [-0.4, -0.2) is 15.5 Å². The monoisotopic (exact) mass is 151 g/mol. The first kappa shape index (κ1) is 6.39. The number of anilines is 1. The molecule has 1 N–H and O–H groups in total. The average molecular weight is 151 g/mol. The smallest absolute Gasteiger partial charge is 0.231 e. The van der Waals surface area contributed by atoms with Crippen LogP contribution in [0.15, 0.2) is 0 Å². The van der Waals surface area contributed by atoms with Crippen molar-refractivity contribution in [3.8, 4) is 0 Å². The third-order valence-corrected chi connectivity index (χ3v) is 2.02. The van der Waals surface area contributed by atoms with Crippen molar-refractivity contribution in [2.75, 3.05) is 5.32 Å². The summed E-state index contributed by atoms with van der Waals surface area (Å²) in [6, 6.07) is 0. The van der Waals surface area contributed by atoms with Crippen LogP contribution in [0.25, 0.3) is 0 Å². The van der Waals surface area contributed by atoms with E-state index in [1.54, 1.807) is 0 Å². The Hall–Kier alpha value is -1.32. The summed E-state index contributed by atoms with van der Waals surface area (Å²) in [7, 11) is 1.92. The molecule has 0 saturated carbocycles. The zero-order valence-electron chi connectivity index (χ0n) is 6.51. The number of nitrogens with one attached hydrogen (secondary N) is 1. The summed E-state index contributed by atoms with van der Waals surface area (Å²) in [5.41, 5.74) is 0.993. The lowest BCUT2D eigenvalue weighted by Gasteiger charge is -1.96. The van der Waals surface area contributed by atoms with Crippen LogP contribution < -0.4 is 5.32 Å². The SMILES string of the molecule is Cc1nc2c(n1C)CC(=O)N2. The summed E-state index contributed by atoms with van der Waals surface area (Å²) < 4.78 is 1.94. The quantitative estimate of drug-likeness (QED) is 0.576. The van der Waals surface area contributed by atoms with Crippen LogP contribution in [0, 0.1) is 6.92 Å². The molecular formula is C7H9N3O. The fraction of sp³-hybridized carbons (Fsp3) is 0.429. The van der Waals surface area contributed by atoms with Gasteiger partial charge in [-0.1, -0.05) is 0 Å². The van der Waals surface area contributed by atoms with Gasteiger partial charge in [-0.05, 0) is 6.92 Å². The minimum Gasteiger partial charge on any atom is -0.333 e. The third kappa shape index (κ3) is 0.753. The second-order valence-electron chi connectivity index (χ2n) is 2.74. The predicted octanol–water partition coefficient (Wildman–Crippen LogP) is 0.223. The number of aromatic nitrogens is 2. The molecule has 0 saturated heterocycles. The molecule has 0 fully saturated rings. The maximum atomic E-state index is 10.9. The van der Waals surface area contributed by atoms with E-state index in [1.165, 1.54) is 0 Å². The maximum Gasteiger partial charge on any atom is 0.231 e. The number of rotatable bonds is 0. The van der Waals surface area contributed by atoms with E-state index in [9.17, 15) is 4.79 Å². The van der Waals surface area contributed by atoms with Crippen molar-refractivity contribution in [1.29, 1.82) is 0 Å². The molecule has 58 valence electrons. The Morgan fingerprint density at radius 3 is 3.00 bits per heavy atom. The molecule has 1 aromatic heterocycles. The molecule has 4 heteroatoms. The maximum absolute atomic E-state index is 10.9. The Morgan fingerprint density at radius 1 is 1.64 bits per heavy atom. The Labute approximate surface area is 64.2 Å². The number of carbonyl (C=O) groups excluding carboxylic acids is 1. The van der Waals surface area contributed by atoms with Crippen molar-refractivity contribution in [3.63, 3.8) is 0 Å². The molecule has 11 heavy (non-hydrogen) atoms. The van der Waals surface area contributed by atoms with Gasteiger partial charge in [0.1, 0.15) is 5.82 Å². The van der Waals surface area contributed by atoms with Gasteiger partial charge < -0.3 is 9.88 Å². The van der Waals surface area contributed by atoms with E-state index in [0.717, 1.165) is 17.3 Å². The lowest BCUT2D eigenvalue weighted by molar-refractivity contribution is -0.115. The van der Waals surface area contributed by atoms with Crippen LogP contribution in [0.2, 0.25) is 0 Å². The number of nitrogens with zero attached hydrogens (tertiary/aromatic N) is 2. The van der Waals surface area contributed by atoms with E-state index in [1.807, 2.05) is 18.5 Å². The molecule has 0 bridgehead atoms. The van der Waals surface area contributed by atoms with Gasteiger partial charge in [0.25, 0.3) is 0 Å². The topological polar surface area (TPSA) is 46.9 Å². The van der Waals surface area contributed by atoms with Crippen LogP contribution in [-0.2, 0) is 18.3 Å². The van der Waals surface area contributed by atoms with Crippen LogP contribution >= 0.6 is 0 Å². The molecule has 1 amide bonds. The molecule has 2 heterocycles. The lowest BCUT2D eigenvalue weighted by atomic mass is 10.3. The van der Waals surface area contributed by atoms with E-state index in [-0.39, 0.29) is 5.91 Å². The molecule has 2 rings (SSSR count). The number of aryl methyl sites for hydroxylation is 1. The summed E-state index contributed by atoms with van der Waals surface area (Å²) in [6.45, 7) is 1.92. The fourth-order valence-electron chi connectivity index (χ4n) is 1.29. The third-order valence-electron chi connectivity index (χ3n) is 2.02. The molecule has 1 aliphatic heterocycles. The molecule has 4 nitrogen and oxygen atoms in total. The zero-order chi connectivity index (χ0) is 8.01. The largest absolute Gasteiger partial charge is 0.333 e. The van der Waals surface area contributed by atoms with Crippen LogP contribution in [0.1, 0.15) is 11.5 Å². The number of carbonyl (C=O) groups is 1. The molecule has 1 aliphatic rings. The fourth-order valence-corrected chi connectivity index (χ4v) is 1.29. The number of fused-ring (bicyclic) bond motifs is 1. The van der Waals surface area contributed by atoms with Gasteiger partial charge in [0.15, 0.2) is 5.82 Å². The molecule has 0 spiro atoms. The number of imidazole rings is 1. The van der Waals surface area contributed by atoms with Gasteiger partial charge in [-0.2, -0.15) is 0 Å². The van der Waals surface area contributed by atoms with Gasteiger partial charge >= 0.3 is 0 Å². The summed E-state index contributed by atoms with van der Waals surface area (Å²) in [4.78, 5) is 15.0. The van der Waals surface area contributed by atoms with Crippen molar-refractivity contribution in [2.45, 2.75) is 13.3 Å². The van der Waals surface area contributed by atoms with Gasteiger partial charge in [-0.25, -0.2) is 4.98 Å². The van der Waals surface area contributed by atoms with E-state index >= 15 is 0 Å². The van der Waals surface area contributed by atoms with Crippen molar-refractivity contribution in [3.05, 3.63) is 11.5 Å². The second-order valence-corrected chi connectivity index (χ2v) is 2.74. The Balaban J connectivity index is 2.56. The highest BCUT2D eigenvalue weighted by molar-refractivity contribution is 5.97. The average Bonchev–Trinajstić information content (AvgIpc) is 2.37. The van der Waals surface area contributed by atoms with E-state index in [0.29, 0.717) is 6.42 Å².